The predicted molar refractivity (Wildman–Crippen MR) is 171 cm³/mol. The zero-order valence-electron chi connectivity index (χ0n) is 25.3. The number of nitrogens with zero attached hydrogens (tertiary/aromatic N) is 4. The van der Waals surface area contributed by atoms with Gasteiger partial charge in [-0.1, -0.05) is 19.1 Å². The van der Waals surface area contributed by atoms with E-state index in [1.807, 2.05) is 20.1 Å². The average molecular weight is 547 g/mol. The van der Waals surface area contributed by atoms with Gasteiger partial charge in [-0.3, -0.25) is 4.99 Å². The molecule has 6 nitrogen and oxygen atoms in total. The number of nitrogens with two attached hydrogens (primary N) is 1. The van der Waals surface area contributed by atoms with E-state index in [-0.39, 0.29) is 0 Å². The van der Waals surface area contributed by atoms with Gasteiger partial charge in [-0.15, -0.1) is 0 Å². The summed E-state index contributed by atoms with van der Waals surface area (Å²) >= 11 is 0. The molecule has 1 saturated carbocycles. The van der Waals surface area contributed by atoms with E-state index in [0.29, 0.717) is 12.0 Å². The highest BCUT2D eigenvalue weighted by atomic mass is 15.1. The van der Waals surface area contributed by atoms with Crippen LogP contribution in [0.5, 0.6) is 0 Å². The summed E-state index contributed by atoms with van der Waals surface area (Å²) in [6, 6.07) is 4.93. The van der Waals surface area contributed by atoms with Gasteiger partial charge < -0.3 is 20.9 Å². The van der Waals surface area contributed by atoms with Crippen LogP contribution >= 0.6 is 0 Å². The summed E-state index contributed by atoms with van der Waals surface area (Å²) in [6.45, 7) is 14.4. The van der Waals surface area contributed by atoms with E-state index < -0.39 is 0 Å². The molecule has 40 heavy (non-hydrogen) atoms. The summed E-state index contributed by atoms with van der Waals surface area (Å²) in [5.74, 6) is 1.65. The molecule has 0 amide bonds. The lowest BCUT2D eigenvalue weighted by atomic mass is 9.81. The smallest absolute Gasteiger partial charge is 0.126 e. The molecule has 220 valence electrons. The molecule has 1 aliphatic carbocycles. The van der Waals surface area contributed by atoms with Crippen LogP contribution in [0.15, 0.2) is 58.6 Å². The van der Waals surface area contributed by atoms with Gasteiger partial charge in [0.1, 0.15) is 5.82 Å². The number of nitrogens with one attached hydrogen (secondary N) is 1. The van der Waals surface area contributed by atoms with Crippen LogP contribution in [0.25, 0.3) is 0 Å². The molecule has 2 saturated heterocycles. The van der Waals surface area contributed by atoms with Crippen molar-refractivity contribution in [3.8, 4) is 0 Å². The maximum Gasteiger partial charge on any atom is 0.126 e. The van der Waals surface area contributed by atoms with Crippen molar-refractivity contribution in [3.63, 3.8) is 0 Å². The lowest BCUT2D eigenvalue weighted by Gasteiger charge is -2.31. The van der Waals surface area contributed by atoms with Crippen LogP contribution in [0.4, 0.5) is 5.82 Å². The number of pyridine rings is 1. The number of hydrogen-bond donors (Lipinski definition) is 2. The number of piperidine rings is 2. The SMILES string of the molecule is C=C(/C=C(CC1CCC(Nc2ccc(CCCN3CCCCC3)cn2)CC1)\C(N)=C(/C)N=CC)N1CCCCC1. The molecule has 0 radical (unpaired) electrons. The Kier molecular flexibility index (Phi) is 12.1. The number of allylic oxidation sites excluding steroid dienone is 3. The molecule has 1 aromatic heterocycles. The minimum Gasteiger partial charge on any atom is -0.397 e. The van der Waals surface area contributed by atoms with Gasteiger partial charge >= 0.3 is 0 Å². The fourth-order valence-electron chi connectivity index (χ4n) is 6.59. The highest BCUT2D eigenvalue weighted by Gasteiger charge is 2.24. The summed E-state index contributed by atoms with van der Waals surface area (Å²) in [7, 11) is 0. The second-order valence-corrected chi connectivity index (χ2v) is 12.2. The van der Waals surface area contributed by atoms with Crippen LogP contribution in [0, 0.1) is 5.92 Å². The Hall–Kier alpha value is -2.60. The summed E-state index contributed by atoms with van der Waals surface area (Å²) in [5.41, 5.74) is 12.0. The molecule has 0 atom stereocenters. The molecule has 3 aliphatic rings. The molecule has 4 rings (SSSR count). The summed E-state index contributed by atoms with van der Waals surface area (Å²) in [6.07, 6.45) is 22.2. The van der Waals surface area contributed by atoms with Gasteiger partial charge in [0.2, 0.25) is 0 Å². The van der Waals surface area contributed by atoms with Crippen molar-refractivity contribution in [1.82, 2.24) is 14.8 Å². The third-order valence-corrected chi connectivity index (χ3v) is 9.08. The van der Waals surface area contributed by atoms with E-state index in [9.17, 15) is 0 Å². The minimum absolute atomic E-state index is 0.490. The first-order chi connectivity index (χ1) is 19.5. The van der Waals surface area contributed by atoms with Crippen molar-refractivity contribution in [2.24, 2.45) is 16.6 Å². The van der Waals surface area contributed by atoms with Crippen LogP contribution in [0.2, 0.25) is 0 Å². The van der Waals surface area contributed by atoms with Crippen LogP contribution in [0.1, 0.15) is 96.5 Å². The number of aliphatic imine (C=N–C) groups is 1. The Morgan fingerprint density at radius 3 is 2.40 bits per heavy atom. The molecule has 6 heteroatoms. The Morgan fingerprint density at radius 2 is 1.75 bits per heavy atom. The molecular weight excluding hydrogens is 492 g/mol. The summed E-state index contributed by atoms with van der Waals surface area (Å²) in [4.78, 5) is 14.3. The predicted octanol–water partition coefficient (Wildman–Crippen LogP) is 7.07. The van der Waals surface area contributed by atoms with Gasteiger partial charge in [0.05, 0.1) is 11.4 Å². The Morgan fingerprint density at radius 1 is 1.05 bits per heavy atom. The Balaban J connectivity index is 1.26. The number of hydrogen-bond acceptors (Lipinski definition) is 6. The van der Waals surface area contributed by atoms with Crippen LogP contribution in [-0.2, 0) is 6.42 Å². The van der Waals surface area contributed by atoms with E-state index in [0.717, 1.165) is 48.8 Å². The van der Waals surface area contributed by atoms with Gasteiger partial charge in [0, 0.05) is 37.2 Å². The third-order valence-electron chi connectivity index (χ3n) is 9.08. The van der Waals surface area contributed by atoms with Crippen molar-refractivity contribution in [1.29, 1.82) is 0 Å². The second kappa shape index (κ2) is 16.0. The van der Waals surface area contributed by atoms with Gasteiger partial charge in [-0.2, -0.15) is 0 Å². The normalized spacial score (nSPS) is 23.8. The van der Waals surface area contributed by atoms with Crippen LogP contribution in [-0.4, -0.2) is 59.8 Å². The van der Waals surface area contributed by atoms with Crippen molar-refractivity contribution < 1.29 is 0 Å². The number of likely N-dealkylation sites (tertiary alicyclic amines) is 2. The Bertz CT molecular complexity index is 1000. The minimum atomic E-state index is 0.490. The fourth-order valence-corrected chi connectivity index (χ4v) is 6.59. The van der Waals surface area contributed by atoms with Crippen molar-refractivity contribution in [2.45, 2.75) is 103 Å². The zero-order chi connectivity index (χ0) is 28.2. The van der Waals surface area contributed by atoms with Gasteiger partial charge in [-0.25, -0.2) is 4.98 Å². The molecule has 0 bridgehead atoms. The highest BCUT2D eigenvalue weighted by molar-refractivity contribution is 5.56. The van der Waals surface area contributed by atoms with E-state index in [1.54, 1.807) is 0 Å². The topological polar surface area (TPSA) is 69.8 Å². The van der Waals surface area contributed by atoms with Gasteiger partial charge in [-0.05, 0) is 140 Å². The largest absolute Gasteiger partial charge is 0.397 e. The number of aryl methyl sites for hydroxylation is 1. The molecule has 0 unspecified atom stereocenters. The van der Waals surface area contributed by atoms with Gasteiger partial charge in [0.15, 0.2) is 0 Å². The molecule has 3 fully saturated rings. The van der Waals surface area contributed by atoms with Crippen LogP contribution < -0.4 is 11.1 Å². The first-order valence-corrected chi connectivity index (χ1v) is 16.1. The van der Waals surface area contributed by atoms with E-state index in [2.05, 4.69) is 51.1 Å². The monoisotopic (exact) mass is 546 g/mol. The molecule has 3 N–H and O–H groups in total. The lowest BCUT2D eigenvalue weighted by Crippen LogP contribution is -2.30. The first-order valence-electron chi connectivity index (χ1n) is 16.1. The summed E-state index contributed by atoms with van der Waals surface area (Å²) < 4.78 is 0. The fraction of sp³-hybridized carbons (Fsp3) is 0.647. The highest BCUT2D eigenvalue weighted by Crippen LogP contribution is 2.33. The number of anilines is 1. The van der Waals surface area contributed by atoms with Gasteiger partial charge in [0.25, 0.3) is 0 Å². The molecule has 2 aliphatic heterocycles. The molecule has 0 spiro atoms. The quantitative estimate of drug-likeness (QED) is 0.217. The molecule has 0 aromatic carbocycles. The average Bonchev–Trinajstić information content (AvgIpc) is 2.99. The maximum absolute atomic E-state index is 6.67. The molecule has 3 heterocycles. The summed E-state index contributed by atoms with van der Waals surface area (Å²) in [5, 5.41) is 3.71. The molecular formula is C34H54N6. The lowest BCUT2D eigenvalue weighted by molar-refractivity contribution is 0.226. The second-order valence-electron chi connectivity index (χ2n) is 12.2. The molecule has 1 aromatic rings. The maximum atomic E-state index is 6.67. The van der Waals surface area contributed by atoms with Crippen molar-refractivity contribution in [2.75, 3.05) is 38.0 Å². The standard InChI is InChI=1S/C34H54N6/c1-4-36-28(3)34(35)31(24-27(2)40-22-9-6-10-23-40)25-29-13-16-32(17-14-29)38-33-18-15-30(26-37-33)12-11-21-39-19-7-5-8-20-39/h4,15,18,24,26,29,32H,2,5-14,16-17,19-23,25,35H2,1,3H3,(H,37,38)/b31-24-,34-28-,36-4?. The number of rotatable bonds is 12. The zero-order valence-corrected chi connectivity index (χ0v) is 25.3. The van der Waals surface area contributed by atoms with E-state index >= 15 is 0 Å². The van der Waals surface area contributed by atoms with Crippen LogP contribution in [0.3, 0.4) is 0 Å². The van der Waals surface area contributed by atoms with E-state index in [4.69, 9.17) is 10.7 Å². The Labute approximate surface area is 243 Å². The van der Waals surface area contributed by atoms with Crippen molar-refractivity contribution in [3.05, 3.63) is 59.2 Å². The van der Waals surface area contributed by atoms with E-state index in [1.165, 1.54) is 101 Å². The van der Waals surface area contributed by atoms with Crippen molar-refractivity contribution >= 4 is 12.0 Å². The third kappa shape index (κ3) is 9.50. The number of aromatic nitrogens is 1. The first kappa shape index (κ1) is 30.4.